The topological polar surface area (TPSA) is 0 Å². The molecule has 0 saturated carbocycles. The van der Waals surface area contributed by atoms with Crippen molar-refractivity contribution in [3.8, 4) is 0 Å². The van der Waals surface area contributed by atoms with Crippen molar-refractivity contribution in [1.29, 1.82) is 0 Å². The monoisotopic (exact) mass is 228 g/mol. The van der Waals surface area contributed by atoms with Gasteiger partial charge in [-0.2, -0.15) is 0 Å². The van der Waals surface area contributed by atoms with Gasteiger partial charge in [0.15, 0.2) is 0 Å². The lowest BCUT2D eigenvalue weighted by atomic mass is 9.97. The Kier molecular flexibility index (Phi) is 4.50. The average Bonchev–Trinajstić information content (AvgIpc) is 2.18. The molecule has 0 N–H and O–H groups in total. The molecule has 0 amide bonds. The smallest absolute Gasteiger partial charge is 0.0441 e. The predicted octanol–water partition coefficient (Wildman–Crippen LogP) is 5.06. The minimum absolute atomic E-state index is 0.414. The molecule has 0 fully saturated rings. The van der Waals surface area contributed by atoms with Crippen molar-refractivity contribution >= 4 is 23.2 Å². The van der Waals surface area contributed by atoms with Crippen molar-refractivity contribution in [2.75, 3.05) is 0 Å². The van der Waals surface area contributed by atoms with Crippen LogP contribution in [0, 0.1) is 0 Å². The third-order valence-corrected chi connectivity index (χ3v) is 2.79. The standard InChI is InChI=1S/C12H14Cl2/c1-3-4-5-9(2)11-8-10(13)6-7-12(11)14/h3-4,6-9H,5H2,1-2H3/b4-3-. The molecule has 0 heterocycles. The number of rotatable bonds is 3. The lowest BCUT2D eigenvalue weighted by molar-refractivity contribution is 0.780. The summed E-state index contributed by atoms with van der Waals surface area (Å²) >= 11 is 12.0. The summed E-state index contributed by atoms with van der Waals surface area (Å²) in [5.74, 6) is 0.414. The van der Waals surface area contributed by atoms with Crippen LogP contribution in [0.4, 0.5) is 0 Å². The number of benzene rings is 1. The number of hydrogen-bond donors (Lipinski definition) is 0. The van der Waals surface area contributed by atoms with Gasteiger partial charge < -0.3 is 0 Å². The third kappa shape index (κ3) is 3.04. The normalized spacial score (nSPS) is 13.4. The molecule has 0 saturated heterocycles. The van der Waals surface area contributed by atoms with Crippen molar-refractivity contribution in [2.24, 2.45) is 0 Å². The SMILES string of the molecule is C/C=C\CC(C)c1cc(Cl)ccc1Cl. The van der Waals surface area contributed by atoms with Crippen LogP contribution in [0.2, 0.25) is 10.0 Å². The van der Waals surface area contributed by atoms with Crippen molar-refractivity contribution in [2.45, 2.75) is 26.2 Å². The predicted molar refractivity (Wildman–Crippen MR) is 64.3 cm³/mol. The fourth-order valence-electron chi connectivity index (χ4n) is 1.36. The van der Waals surface area contributed by atoms with Crippen LogP contribution in [-0.2, 0) is 0 Å². The Hall–Kier alpha value is -0.460. The molecule has 2 heteroatoms. The zero-order valence-electron chi connectivity index (χ0n) is 8.43. The van der Waals surface area contributed by atoms with Gasteiger partial charge in [0.1, 0.15) is 0 Å². The fraction of sp³-hybridized carbons (Fsp3) is 0.333. The molecule has 0 aliphatic heterocycles. The maximum atomic E-state index is 6.09. The van der Waals surface area contributed by atoms with Gasteiger partial charge in [0.2, 0.25) is 0 Å². The van der Waals surface area contributed by atoms with Gasteiger partial charge in [0, 0.05) is 10.0 Å². The summed E-state index contributed by atoms with van der Waals surface area (Å²) in [4.78, 5) is 0. The van der Waals surface area contributed by atoms with Gasteiger partial charge in [-0.25, -0.2) is 0 Å². The summed E-state index contributed by atoms with van der Waals surface area (Å²) in [6.45, 7) is 4.17. The average molecular weight is 229 g/mol. The van der Waals surface area contributed by atoms with Crippen LogP contribution in [0.25, 0.3) is 0 Å². The van der Waals surface area contributed by atoms with E-state index in [0.717, 1.165) is 22.0 Å². The summed E-state index contributed by atoms with van der Waals surface area (Å²) in [6, 6.07) is 5.61. The minimum atomic E-state index is 0.414. The van der Waals surface area contributed by atoms with E-state index >= 15 is 0 Å². The van der Waals surface area contributed by atoms with E-state index in [2.05, 4.69) is 19.1 Å². The molecule has 0 bridgehead atoms. The van der Waals surface area contributed by atoms with Crippen LogP contribution in [0.15, 0.2) is 30.4 Å². The molecule has 1 aromatic carbocycles. The first kappa shape index (κ1) is 11.6. The van der Waals surface area contributed by atoms with Gasteiger partial charge in [0.25, 0.3) is 0 Å². The van der Waals surface area contributed by atoms with Gasteiger partial charge in [-0.05, 0) is 43.0 Å². The first-order chi connectivity index (χ1) is 6.65. The van der Waals surface area contributed by atoms with E-state index in [-0.39, 0.29) is 0 Å². The van der Waals surface area contributed by atoms with E-state index in [1.807, 2.05) is 25.1 Å². The minimum Gasteiger partial charge on any atom is -0.0916 e. The van der Waals surface area contributed by atoms with Gasteiger partial charge in [-0.15, -0.1) is 0 Å². The Bertz CT molecular complexity index is 329. The van der Waals surface area contributed by atoms with Crippen molar-refractivity contribution in [1.82, 2.24) is 0 Å². The van der Waals surface area contributed by atoms with Crippen LogP contribution < -0.4 is 0 Å². The first-order valence-electron chi connectivity index (χ1n) is 4.71. The Morgan fingerprint density at radius 2 is 2.07 bits per heavy atom. The molecule has 0 radical (unpaired) electrons. The lowest BCUT2D eigenvalue weighted by Crippen LogP contribution is -1.92. The highest BCUT2D eigenvalue weighted by Crippen LogP contribution is 2.29. The molecule has 1 unspecified atom stereocenters. The van der Waals surface area contributed by atoms with Crippen LogP contribution in [0.3, 0.4) is 0 Å². The zero-order chi connectivity index (χ0) is 10.6. The molecule has 0 aromatic heterocycles. The number of allylic oxidation sites excluding steroid dienone is 2. The summed E-state index contributed by atoms with van der Waals surface area (Å²) in [5.41, 5.74) is 1.12. The summed E-state index contributed by atoms with van der Waals surface area (Å²) < 4.78 is 0. The van der Waals surface area contributed by atoms with Crippen LogP contribution in [0.1, 0.15) is 31.7 Å². The van der Waals surface area contributed by atoms with Gasteiger partial charge in [-0.1, -0.05) is 42.3 Å². The molecule has 0 spiro atoms. The van der Waals surface area contributed by atoms with E-state index in [4.69, 9.17) is 23.2 Å². The van der Waals surface area contributed by atoms with E-state index in [1.54, 1.807) is 0 Å². The summed E-state index contributed by atoms with van der Waals surface area (Å²) in [6.07, 6.45) is 5.19. The summed E-state index contributed by atoms with van der Waals surface area (Å²) in [5, 5.41) is 1.54. The molecular weight excluding hydrogens is 215 g/mol. The maximum absolute atomic E-state index is 6.09. The lowest BCUT2D eigenvalue weighted by Gasteiger charge is -2.11. The molecule has 0 nitrogen and oxygen atoms in total. The molecular formula is C12H14Cl2. The first-order valence-corrected chi connectivity index (χ1v) is 5.47. The van der Waals surface area contributed by atoms with E-state index in [1.165, 1.54) is 0 Å². The van der Waals surface area contributed by atoms with Gasteiger partial charge in [0.05, 0.1) is 0 Å². The second-order valence-electron chi connectivity index (χ2n) is 3.37. The Morgan fingerprint density at radius 3 is 2.71 bits per heavy atom. The van der Waals surface area contributed by atoms with E-state index < -0.39 is 0 Å². The molecule has 0 aliphatic rings. The van der Waals surface area contributed by atoms with E-state index in [9.17, 15) is 0 Å². The Labute approximate surface area is 95.5 Å². The molecule has 1 aromatic rings. The fourth-order valence-corrected chi connectivity index (χ4v) is 1.84. The highest BCUT2D eigenvalue weighted by molar-refractivity contribution is 6.33. The van der Waals surface area contributed by atoms with Crippen molar-refractivity contribution in [3.63, 3.8) is 0 Å². The number of hydrogen-bond acceptors (Lipinski definition) is 0. The quantitative estimate of drug-likeness (QED) is 0.635. The van der Waals surface area contributed by atoms with Gasteiger partial charge in [-0.3, -0.25) is 0 Å². The van der Waals surface area contributed by atoms with Crippen molar-refractivity contribution < 1.29 is 0 Å². The summed E-state index contributed by atoms with van der Waals surface area (Å²) in [7, 11) is 0. The molecule has 1 atom stereocenters. The van der Waals surface area contributed by atoms with Crippen LogP contribution >= 0.6 is 23.2 Å². The zero-order valence-corrected chi connectivity index (χ0v) is 9.94. The van der Waals surface area contributed by atoms with E-state index in [0.29, 0.717) is 5.92 Å². The second-order valence-corrected chi connectivity index (χ2v) is 4.22. The molecule has 1 rings (SSSR count). The molecule has 76 valence electrons. The highest BCUT2D eigenvalue weighted by atomic mass is 35.5. The third-order valence-electron chi connectivity index (χ3n) is 2.21. The van der Waals surface area contributed by atoms with Crippen molar-refractivity contribution in [3.05, 3.63) is 46.0 Å². The van der Waals surface area contributed by atoms with Gasteiger partial charge >= 0.3 is 0 Å². The molecule has 14 heavy (non-hydrogen) atoms. The van der Waals surface area contributed by atoms with Crippen LogP contribution in [-0.4, -0.2) is 0 Å². The Balaban J connectivity index is 2.87. The number of halogens is 2. The Morgan fingerprint density at radius 1 is 1.36 bits per heavy atom. The maximum Gasteiger partial charge on any atom is 0.0441 e. The molecule has 0 aliphatic carbocycles. The largest absolute Gasteiger partial charge is 0.0916 e. The van der Waals surface area contributed by atoms with Crippen LogP contribution in [0.5, 0.6) is 0 Å². The second kappa shape index (κ2) is 5.43. The highest BCUT2D eigenvalue weighted by Gasteiger charge is 2.08.